The average Bonchev–Trinajstić information content (AvgIpc) is 2.50. The van der Waals surface area contributed by atoms with Gasteiger partial charge in [-0.15, -0.1) is 0 Å². The van der Waals surface area contributed by atoms with Crippen LogP contribution in [0.1, 0.15) is 12.5 Å². The van der Waals surface area contributed by atoms with Gasteiger partial charge in [-0.1, -0.05) is 30.3 Å². The largest absolute Gasteiger partial charge is 0.494 e. The second kappa shape index (κ2) is 6.01. The number of methoxy groups -OCH3 is 1. The summed E-state index contributed by atoms with van der Waals surface area (Å²) in [4.78, 5) is 0. The number of nitrogens with two attached hydrogens (primary N) is 1. The Morgan fingerprint density at radius 1 is 1.29 bits per heavy atom. The van der Waals surface area contributed by atoms with Crippen molar-refractivity contribution in [2.75, 3.05) is 24.8 Å². The van der Waals surface area contributed by atoms with Crippen molar-refractivity contribution in [1.29, 1.82) is 0 Å². The molecule has 0 heterocycles. The molecule has 2 aromatic carbocycles. The van der Waals surface area contributed by atoms with Gasteiger partial charge < -0.3 is 20.9 Å². The molecular weight excluding hydrogens is 271 g/mol. The number of hydrogen-bond donors (Lipinski definition) is 3. The zero-order valence-electron chi connectivity index (χ0n) is 12.1. The monoisotopic (exact) mass is 290 g/mol. The lowest BCUT2D eigenvalue weighted by Gasteiger charge is -2.31. The van der Waals surface area contributed by atoms with Crippen molar-refractivity contribution in [2.24, 2.45) is 0 Å². The van der Waals surface area contributed by atoms with Crippen molar-refractivity contribution in [3.63, 3.8) is 0 Å². The maximum Gasteiger partial charge on any atom is 0.167 e. The van der Waals surface area contributed by atoms with E-state index in [2.05, 4.69) is 5.32 Å². The van der Waals surface area contributed by atoms with Gasteiger partial charge in [-0.2, -0.15) is 0 Å². The Morgan fingerprint density at radius 3 is 2.52 bits per heavy atom. The molecule has 4 nitrogen and oxygen atoms in total. The topological polar surface area (TPSA) is 67.5 Å². The van der Waals surface area contributed by atoms with Gasteiger partial charge in [0.25, 0.3) is 0 Å². The first-order valence-electron chi connectivity index (χ1n) is 6.58. The van der Waals surface area contributed by atoms with E-state index in [1.165, 1.54) is 19.2 Å². The van der Waals surface area contributed by atoms with Crippen LogP contribution in [-0.4, -0.2) is 18.8 Å². The number of aliphatic hydroxyl groups excluding tert-OH is 1. The van der Waals surface area contributed by atoms with Gasteiger partial charge in [-0.3, -0.25) is 0 Å². The van der Waals surface area contributed by atoms with Crippen LogP contribution in [0.15, 0.2) is 42.5 Å². The first-order chi connectivity index (χ1) is 10.00. The number of aliphatic hydroxyl groups is 1. The second-order valence-electron chi connectivity index (χ2n) is 5.06. The molecule has 21 heavy (non-hydrogen) atoms. The highest BCUT2D eigenvalue weighted by Crippen LogP contribution is 2.33. The standard InChI is InChI=1S/C16H19FN2O2/c1-16(10-20,11-6-4-3-5-7-11)19-14-9-15(21-2)12(17)8-13(14)18/h3-9,19-20H,10,18H2,1-2H3. The van der Waals surface area contributed by atoms with E-state index in [1.807, 2.05) is 37.3 Å². The summed E-state index contributed by atoms with van der Waals surface area (Å²) in [5.41, 5.74) is 6.77. The number of anilines is 2. The highest BCUT2D eigenvalue weighted by Gasteiger charge is 2.26. The minimum absolute atomic E-state index is 0.0973. The van der Waals surface area contributed by atoms with Crippen molar-refractivity contribution in [1.82, 2.24) is 0 Å². The Balaban J connectivity index is 2.39. The maximum atomic E-state index is 13.6. The molecule has 0 aliphatic rings. The Bertz CT molecular complexity index is 619. The van der Waals surface area contributed by atoms with Gasteiger partial charge in [0, 0.05) is 12.1 Å². The molecular formula is C16H19FN2O2. The number of rotatable bonds is 5. The quantitative estimate of drug-likeness (QED) is 0.741. The number of halogens is 1. The molecule has 2 rings (SSSR count). The second-order valence-corrected chi connectivity index (χ2v) is 5.06. The Morgan fingerprint density at radius 2 is 1.95 bits per heavy atom. The molecule has 0 bridgehead atoms. The fourth-order valence-corrected chi connectivity index (χ4v) is 2.14. The van der Waals surface area contributed by atoms with Crippen molar-refractivity contribution in [2.45, 2.75) is 12.5 Å². The first kappa shape index (κ1) is 15.1. The Hall–Kier alpha value is -2.27. The van der Waals surface area contributed by atoms with Gasteiger partial charge in [-0.25, -0.2) is 4.39 Å². The lowest BCUT2D eigenvalue weighted by molar-refractivity contribution is 0.224. The van der Waals surface area contributed by atoms with Gasteiger partial charge in [-0.05, 0) is 12.5 Å². The van der Waals surface area contributed by atoms with Crippen LogP contribution in [0.25, 0.3) is 0 Å². The SMILES string of the molecule is COc1cc(NC(C)(CO)c2ccccc2)c(N)cc1F. The van der Waals surface area contributed by atoms with Crippen molar-refractivity contribution in [3.8, 4) is 5.75 Å². The third kappa shape index (κ3) is 3.08. The zero-order chi connectivity index (χ0) is 15.5. The van der Waals surface area contributed by atoms with Crippen LogP contribution < -0.4 is 15.8 Å². The van der Waals surface area contributed by atoms with Crippen LogP contribution in [0.4, 0.5) is 15.8 Å². The first-order valence-corrected chi connectivity index (χ1v) is 6.58. The van der Waals surface area contributed by atoms with Crippen LogP contribution in [0.3, 0.4) is 0 Å². The van der Waals surface area contributed by atoms with E-state index in [9.17, 15) is 9.50 Å². The average molecular weight is 290 g/mol. The van der Waals surface area contributed by atoms with Crippen LogP contribution >= 0.6 is 0 Å². The summed E-state index contributed by atoms with van der Waals surface area (Å²) in [6.07, 6.45) is 0. The lowest BCUT2D eigenvalue weighted by Crippen LogP contribution is -2.36. The van der Waals surface area contributed by atoms with E-state index in [0.717, 1.165) is 5.56 Å². The molecule has 112 valence electrons. The Labute approximate surface area is 123 Å². The molecule has 0 saturated heterocycles. The molecule has 5 heteroatoms. The summed E-state index contributed by atoms with van der Waals surface area (Å²) in [6, 6.07) is 12.2. The molecule has 0 aliphatic heterocycles. The molecule has 0 spiro atoms. The van der Waals surface area contributed by atoms with E-state index < -0.39 is 11.4 Å². The third-order valence-electron chi connectivity index (χ3n) is 3.46. The van der Waals surface area contributed by atoms with E-state index in [-0.39, 0.29) is 18.0 Å². The molecule has 0 amide bonds. The zero-order valence-corrected chi connectivity index (χ0v) is 12.1. The molecule has 1 unspecified atom stereocenters. The van der Waals surface area contributed by atoms with E-state index in [0.29, 0.717) is 5.69 Å². The molecule has 1 atom stereocenters. The number of hydrogen-bond acceptors (Lipinski definition) is 4. The number of ether oxygens (including phenoxy) is 1. The normalized spacial score (nSPS) is 13.5. The van der Waals surface area contributed by atoms with Crippen molar-refractivity contribution >= 4 is 11.4 Å². The van der Waals surface area contributed by atoms with Gasteiger partial charge in [0.2, 0.25) is 0 Å². The molecule has 2 aromatic rings. The highest BCUT2D eigenvalue weighted by molar-refractivity contribution is 5.70. The van der Waals surface area contributed by atoms with Gasteiger partial charge in [0.15, 0.2) is 11.6 Å². The summed E-state index contributed by atoms with van der Waals surface area (Å²) in [7, 11) is 1.39. The van der Waals surface area contributed by atoms with E-state index in [1.54, 1.807) is 0 Å². The molecule has 0 aromatic heterocycles. The van der Waals surface area contributed by atoms with Crippen LogP contribution in [-0.2, 0) is 5.54 Å². The predicted octanol–water partition coefficient (Wildman–Crippen LogP) is 2.74. The molecule has 0 fully saturated rings. The number of nitrogen functional groups attached to an aromatic ring is 1. The summed E-state index contributed by atoms with van der Waals surface area (Å²) in [5.74, 6) is -0.425. The number of nitrogens with one attached hydrogen (secondary N) is 1. The van der Waals surface area contributed by atoms with Crippen molar-refractivity contribution in [3.05, 3.63) is 53.8 Å². The van der Waals surface area contributed by atoms with Crippen LogP contribution in [0, 0.1) is 5.82 Å². The molecule has 4 N–H and O–H groups in total. The smallest absolute Gasteiger partial charge is 0.167 e. The van der Waals surface area contributed by atoms with Crippen molar-refractivity contribution < 1.29 is 14.2 Å². The molecule has 0 saturated carbocycles. The summed E-state index contributed by atoms with van der Waals surface area (Å²) in [6.45, 7) is 1.70. The fourth-order valence-electron chi connectivity index (χ4n) is 2.14. The summed E-state index contributed by atoms with van der Waals surface area (Å²) >= 11 is 0. The van der Waals surface area contributed by atoms with Gasteiger partial charge in [0.1, 0.15) is 0 Å². The Kier molecular flexibility index (Phi) is 4.33. The third-order valence-corrected chi connectivity index (χ3v) is 3.46. The fraction of sp³-hybridized carbons (Fsp3) is 0.250. The number of benzene rings is 2. The van der Waals surface area contributed by atoms with Crippen LogP contribution in [0.2, 0.25) is 0 Å². The van der Waals surface area contributed by atoms with Gasteiger partial charge >= 0.3 is 0 Å². The minimum Gasteiger partial charge on any atom is -0.494 e. The van der Waals surface area contributed by atoms with E-state index >= 15 is 0 Å². The van der Waals surface area contributed by atoms with Gasteiger partial charge in [0.05, 0.1) is 30.6 Å². The molecule has 0 aliphatic carbocycles. The highest BCUT2D eigenvalue weighted by atomic mass is 19.1. The lowest BCUT2D eigenvalue weighted by atomic mass is 9.92. The maximum absolute atomic E-state index is 13.6. The summed E-state index contributed by atoms with van der Waals surface area (Å²) in [5, 5.41) is 12.9. The minimum atomic E-state index is -0.738. The van der Waals surface area contributed by atoms with Crippen LogP contribution in [0.5, 0.6) is 5.75 Å². The molecule has 0 radical (unpaired) electrons. The summed E-state index contributed by atoms with van der Waals surface area (Å²) < 4.78 is 18.5. The predicted molar refractivity (Wildman–Crippen MR) is 81.9 cm³/mol. The van der Waals surface area contributed by atoms with E-state index in [4.69, 9.17) is 10.5 Å².